The molecule has 0 unspecified atom stereocenters. The Morgan fingerprint density at radius 3 is 2.61 bits per heavy atom. The zero-order valence-electron chi connectivity index (χ0n) is 11.7. The minimum atomic E-state index is 0.733. The molecule has 3 heteroatoms. The average Bonchev–Trinajstić information content (AvgIpc) is 2.59. The molecule has 0 amide bonds. The van der Waals surface area contributed by atoms with Gasteiger partial charge in [0.1, 0.15) is 5.75 Å². The molecule has 2 aromatic rings. The first-order valence-electron chi connectivity index (χ1n) is 6.42. The molecule has 2 N–H and O–H groups in total. The Bertz CT molecular complexity index is 570. The third-order valence-electron chi connectivity index (χ3n) is 3.63. The molecular weight excluding hydrogens is 224 g/mol. The van der Waals surface area contributed by atoms with Crippen molar-refractivity contribution in [2.75, 3.05) is 13.7 Å². The van der Waals surface area contributed by atoms with E-state index in [1.807, 2.05) is 0 Å². The molecule has 1 aromatic carbocycles. The largest absolute Gasteiger partial charge is 0.495 e. The number of aryl methyl sites for hydroxylation is 3. The van der Waals surface area contributed by atoms with Gasteiger partial charge in [-0.3, -0.25) is 0 Å². The highest BCUT2D eigenvalue weighted by molar-refractivity contribution is 5.91. The molecular formula is C15H22N2O. The summed E-state index contributed by atoms with van der Waals surface area (Å²) in [6.07, 6.45) is 2.04. The van der Waals surface area contributed by atoms with Crippen LogP contribution in [0.15, 0.2) is 12.1 Å². The van der Waals surface area contributed by atoms with Crippen LogP contribution in [-0.4, -0.2) is 18.2 Å². The van der Waals surface area contributed by atoms with E-state index in [2.05, 4.69) is 37.6 Å². The van der Waals surface area contributed by atoms with Crippen molar-refractivity contribution in [1.82, 2.24) is 4.57 Å². The van der Waals surface area contributed by atoms with E-state index in [-0.39, 0.29) is 0 Å². The Hall–Kier alpha value is -1.48. The quantitative estimate of drug-likeness (QED) is 0.901. The van der Waals surface area contributed by atoms with Gasteiger partial charge in [-0.05, 0) is 56.5 Å². The van der Waals surface area contributed by atoms with Gasteiger partial charge >= 0.3 is 0 Å². The van der Waals surface area contributed by atoms with Crippen LogP contribution in [0.3, 0.4) is 0 Å². The first-order chi connectivity index (χ1) is 8.60. The molecule has 0 aliphatic heterocycles. The highest BCUT2D eigenvalue weighted by Gasteiger charge is 2.15. The van der Waals surface area contributed by atoms with Crippen LogP contribution in [0.1, 0.15) is 23.2 Å². The Labute approximate surface area is 109 Å². The normalized spacial score (nSPS) is 11.2. The van der Waals surface area contributed by atoms with Gasteiger partial charge in [0.15, 0.2) is 0 Å². The summed E-state index contributed by atoms with van der Waals surface area (Å²) in [5, 5.41) is 1.29. The second kappa shape index (κ2) is 5.02. The maximum absolute atomic E-state index is 5.62. The second-order valence-electron chi connectivity index (χ2n) is 4.89. The molecule has 0 fully saturated rings. The smallest absolute Gasteiger partial charge is 0.143 e. The summed E-state index contributed by atoms with van der Waals surface area (Å²) >= 11 is 0. The fourth-order valence-electron chi connectivity index (χ4n) is 2.70. The van der Waals surface area contributed by atoms with Crippen molar-refractivity contribution < 1.29 is 4.74 Å². The summed E-state index contributed by atoms with van der Waals surface area (Å²) in [6, 6.07) is 4.33. The molecule has 0 radical (unpaired) electrons. The molecule has 2 rings (SSSR count). The van der Waals surface area contributed by atoms with Crippen LogP contribution >= 0.6 is 0 Å². The van der Waals surface area contributed by atoms with Crippen molar-refractivity contribution in [3.05, 3.63) is 29.0 Å². The molecule has 0 spiro atoms. The molecule has 0 aliphatic carbocycles. The number of benzene rings is 1. The van der Waals surface area contributed by atoms with Gasteiger partial charge in [-0.15, -0.1) is 0 Å². The summed E-state index contributed by atoms with van der Waals surface area (Å²) in [4.78, 5) is 0. The van der Waals surface area contributed by atoms with Crippen molar-refractivity contribution in [3.63, 3.8) is 0 Å². The van der Waals surface area contributed by atoms with E-state index in [4.69, 9.17) is 10.5 Å². The zero-order chi connectivity index (χ0) is 13.3. The molecule has 0 bridgehead atoms. The Morgan fingerprint density at radius 1 is 1.28 bits per heavy atom. The number of nitrogens with zero attached hydrogens (tertiary/aromatic N) is 1. The third kappa shape index (κ3) is 1.99. The first kappa shape index (κ1) is 13.0. The number of hydrogen-bond donors (Lipinski definition) is 1. The van der Waals surface area contributed by atoms with E-state index in [1.54, 1.807) is 7.11 Å². The standard InChI is InChI=1S/C15H22N2O/c1-10-8-12-11(2)13(6-5-7-16)17(3)15(12)14(9-10)18-4/h8-9H,5-7,16H2,1-4H3. The maximum atomic E-state index is 5.62. The summed E-state index contributed by atoms with van der Waals surface area (Å²) in [5.74, 6) is 0.953. The van der Waals surface area contributed by atoms with Crippen molar-refractivity contribution in [3.8, 4) is 5.75 Å². The number of fused-ring (bicyclic) bond motifs is 1. The zero-order valence-corrected chi connectivity index (χ0v) is 11.7. The van der Waals surface area contributed by atoms with Gasteiger partial charge in [-0.2, -0.15) is 0 Å². The minimum absolute atomic E-state index is 0.733. The lowest BCUT2D eigenvalue weighted by Gasteiger charge is -2.08. The van der Waals surface area contributed by atoms with Crippen LogP contribution in [-0.2, 0) is 13.5 Å². The average molecular weight is 246 g/mol. The fourth-order valence-corrected chi connectivity index (χ4v) is 2.70. The Kier molecular flexibility index (Phi) is 3.62. The number of nitrogens with two attached hydrogens (primary N) is 1. The topological polar surface area (TPSA) is 40.2 Å². The minimum Gasteiger partial charge on any atom is -0.495 e. The van der Waals surface area contributed by atoms with Gasteiger partial charge in [-0.1, -0.05) is 0 Å². The monoisotopic (exact) mass is 246 g/mol. The van der Waals surface area contributed by atoms with Crippen LogP contribution in [0.25, 0.3) is 10.9 Å². The van der Waals surface area contributed by atoms with Gasteiger partial charge in [0.05, 0.1) is 12.6 Å². The van der Waals surface area contributed by atoms with Gasteiger partial charge < -0.3 is 15.0 Å². The highest BCUT2D eigenvalue weighted by Crippen LogP contribution is 2.33. The molecule has 98 valence electrons. The highest BCUT2D eigenvalue weighted by atomic mass is 16.5. The molecule has 1 aromatic heterocycles. The van der Waals surface area contributed by atoms with E-state index >= 15 is 0 Å². The fraction of sp³-hybridized carbons (Fsp3) is 0.467. The van der Waals surface area contributed by atoms with Crippen molar-refractivity contribution in [1.29, 1.82) is 0 Å². The van der Waals surface area contributed by atoms with E-state index in [0.29, 0.717) is 0 Å². The van der Waals surface area contributed by atoms with Crippen molar-refractivity contribution in [2.45, 2.75) is 26.7 Å². The van der Waals surface area contributed by atoms with Gasteiger partial charge in [0.2, 0.25) is 0 Å². The maximum Gasteiger partial charge on any atom is 0.143 e. The first-order valence-corrected chi connectivity index (χ1v) is 6.42. The Morgan fingerprint density at radius 2 is 2.00 bits per heavy atom. The number of aromatic nitrogens is 1. The molecule has 0 saturated carbocycles. The van der Waals surface area contributed by atoms with Gasteiger partial charge in [-0.25, -0.2) is 0 Å². The van der Waals surface area contributed by atoms with Gasteiger partial charge in [0, 0.05) is 18.1 Å². The predicted molar refractivity (Wildman–Crippen MR) is 76.3 cm³/mol. The Balaban J connectivity index is 2.68. The van der Waals surface area contributed by atoms with E-state index in [9.17, 15) is 0 Å². The summed E-state index contributed by atoms with van der Waals surface area (Å²) < 4.78 is 7.77. The number of hydrogen-bond acceptors (Lipinski definition) is 2. The SMILES string of the molecule is COc1cc(C)cc2c(C)c(CCCN)n(C)c12. The molecule has 3 nitrogen and oxygen atoms in total. The molecule has 0 atom stereocenters. The predicted octanol–water partition coefficient (Wildman–Crippen LogP) is 2.70. The summed E-state index contributed by atoms with van der Waals surface area (Å²) in [6.45, 7) is 5.03. The third-order valence-corrected chi connectivity index (χ3v) is 3.63. The lowest BCUT2D eigenvalue weighted by Crippen LogP contribution is -2.04. The molecule has 18 heavy (non-hydrogen) atoms. The number of ether oxygens (including phenoxy) is 1. The van der Waals surface area contributed by atoms with Crippen molar-refractivity contribution in [2.24, 2.45) is 12.8 Å². The van der Waals surface area contributed by atoms with E-state index in [0.717, 1.165) is 25.1 Å². The van der Waals surface area contributed by atoms with Gasteiger partial charge in [0.25, 0.3) is 0 Å². The second-order valence-corrected chi connectivity index (χ2v) is 4.89. The van der Waals surface area contributed by atoms with Crippen LogP contribution in [0.2, 0.25) is 0 Å². The molecule has 1 heterocycles. The molecule has 0 saturated heterocycles. The lowest BCUT2D eigenvalue weighted by atomic mass is 10.1. The summed E-state index contributed by atoms with van der Waals surface area (Å²) in [7, 11) is 3.84. The van der Waals surface area contributed by atoms with Crippen LogP contribution in [0.5, 0.6) is 5.75 Å². The summed E-state index contributed by atoms with van der Waals surface area (Å²) in [5.41, 5.74) is 10.7. The molecule has 0 aliphatic rings. The van der Waals surface area contributed by atoms with Crippen molar-refractivity contribution >= 4 is 10.9 Å². The van der Waals surface area contributed by atoms with E-state index in [1.165, 1.54) is 27.7 Å². The van der Waals surface area contributed by atoms with Crippen LogP contribution < -0.4 is 10.5 Å². The lowest BCUT2D eigenvalue weighted by molar-refractivity contribution is 0.417. The van der Waals surface area contributed by atoms with E-state index < -0.39 is 0 Å². The number of rotatable bonds is 4. The van der Waals surface area contributed by atoms with Crippen LogP contribution in [0, 0.1) is 13.8 Å². The van der Waals surface area contributed by atoms with Crippen LogP contribution in [0.4, 0.5) is 0 Å². The number of methoxy groups -OCH3 is 1.